The highest BCUT2D eigenvalue weighted by Crippen LogP contribution is 2.28. The van der Waals surface area contributed by atoms with Gasteiger partial charge in [-0.05, 0) is 37.5 Å². The standard InChI is InChI=1S/C16H19N3O2S/c1-11-4-2-7-13(10-11)21-9-8-14-18-19-16(22-14)17-15(20)12-5-3-6-12/h2,4,7,10,12H,3,5-6,8-9H2,1H3,(H,17,19,20). The summed E-state index contributed by atoms with van der Waals surface area (Å²) < 4.78 is 5.70. The normalized spacial score (nSPS) is 14.4. The van der Waals surface area contributed by atoms with Gasteiger partial charge in [-0.15, -0.1) is 10.2 Å². The number of carbonyl (C=O) groups is 1. The van der Waals surface area contributed by atoms with Crippen LogP contribution in [0.3, 0.4) is 0 Å². The molecule has 0 bridgehead atoms. The lowest BCUT2D eigenvalue weighted by Gasteiger charge is -2.23. The number of nitrogens with one attached hydrogen (secondary N) is 1. The zero-order chi connectivity index (χ0) is 15.4. The van der Waals surface area contributed by atoms with Crippen molar-refractivity contribution in [2.24, 2.45) is 5.92 Å². The summed E-state index contributed by atoms with van der Waals surface area (Å²) in [5, 5.41) is 12.4. The van der Waals surface area contributed by atoms with Crippen LogP contribution in [0.5, 0.6) is 5.75 Å². The summed E-state index contributed by atoms with van der Waals surface area (Å²) >= 11 is 1.42. The van der Waals surface area contributed by atoms with Crippen LogP contribution >= 0.6 is 11.3 Å². The Morgan fingerprint density at radius 1 is 1.41 bits per heavy atom. The Morgan fingerprint density at radius 3 is 3.00 bits per heavy atom. The second kappa shape index (κ2) is 6.87. The van der Waals surface area contributed by atoms with E-state index >= 15 is 0 Å². The lowest BCUT2D eigenvalue weighted by atomic mass is 9.85. The van der Waals surface area contributed by atoms with Gasteiger partial charge in [0.15, 0.2) is 0 Å². The number of hydrogen-bond donors (Lipinski definition) is 1. The summed E-state index contributed by atoms with van der Waals surface area (Å²) in [5.41, 5.74) is 1.18. The Labute approximate surface area is 133 Å². The van der Waals surface area contributed by atoms with E-state index in [0.717, 1.165) is 30.0 Å². The van der Waals surface area contributed by atoms with Gasteiger partial charge < -0.3 is 10.1 Å². The second-order valence-electron chi connectivity index (χ2n) is 5.53. The van der Waals surface area contributed by atoms with Gasteiger partial charge in [0.1, 0.15) is 10.8 Å². The zero-order valence-electron chi connectivity index (χ0n) is 12.5. The third-order valence-electron chi connectivity index (χ3n) is 3.75. The number of aromatic nitrogens is 2. The molecule has 1 aromatic heterocycles. The van der Waals surface area contributed by atoms with E-state index in [9.17, 15) is 4.79 Å². The fourth-order valence-electron chi connectivity index (χ4n) is 2.24. The molecule has 1 saturated carbocycles. The van der Waals surface area contributed by atoms with Crippen LogP contribution in [0.2, 0.25) is 0 Å². The number of nitrogens with zero attached hydrogens (tertiary/aromatic N) is 2. The van der Waals surface area contributed by atoms with E-state index in [1.54, 1.807) is 0 Å². The predicted octanol–water partition coefficient (Wildman–Crippen LogP) is 3.21. The number of anilines is 1. The van der Waals surface area contributed by atoms with Gasteiger partial charge in [-0.25, -0.2) is 0 Å². The molecule has 0 saturated heterocycles. The Balaban J connectivity index is 1.46. The average molecular weight is 317 g/mol. The van der Waals surface area contributed by atoms with Crippen molar-refractivity contribution >= 4 is 22.4 Å². The van der Waals surface area contributed by atoms with Gasteiger partial charge >= 0.3 is 0 Å². The topological polar surface area (TPSA) is 64.1 Å². The molecular formula is C16H19N3O2S. The van der Waals surface area contributed by atoms with E-state index in [-0.39, 0.29) is 11.8 Å². The molecule has 1 N–H and O–H groups in total. The molecule has 1 aliphatic carbocycles. The van der Waals surface area contributed by atoms with Crippen molar-refractivity contribution in [1.82, 2.24) is 10.2 Å². The maximum Gasteiger partial charge on any atom is 0.229 e. The lowest BCUT2D eigenvalue weighted by molar-refractivity contribution is -0.122. The molecule has 1 heterocycles. The number of amides is 1. The maximum atomic E-state index is 11.8. The van der Waals surface area contributed by atoms with E-state index in [1.165, 1.54) is 16.9 Å². The molecule has 116 valence electrons. The minimum atomic E-state index is 0.0740. The van der Waals surface area contributed by atoms with Gasteiger partial charge in [-0.1, -0.05) is 29.9 Å². The summed E-state index contributed by atoms with van der Waals surface area (Å²) in [6.45, 7) is 2.59. The molecule has 1 aliphatic rings. The van der Waals surface area contributed by atoms with Crippen molar-refractivity contribution in [2.45, 2.75) is 32.6 Å². The summed E-state index contributed by atoms with van der Waals surface area (Å²) in [5.74, 6) is 1.10. The lowest BCUT2D eigenvalue weighted by Crippen LogP contribution is -2.27. The molecule has 3 rings (SSSR count). The van der Waals surface area contributed by atoms with E-state index in [4.69, 9.17) is 4.74 Å². The number of aryl methyl sites for hydroxylation is 1. The van der Waals surface area contributed by atoms with E-state index in [0.29, 0.717) is 18.2 Å². The van der Waals surface area contributed by atoms with Crippen LogP contribution in [0.1, 0.15) is 29.8 Å². The Hall–Kier alpha value is -1.95. The molecule has 2 aromatic rings. The van der Waals surface area contributed by atoms with Crippen molar-refractivity contribution in [2.75, 3.05) is 11.9 Å². The fraction of sp³-hybridized carbons (Fsp3) is 0.438. The van der Waals surface area contributed by atoms with Gasteiger partial charge in [0.25, 0.3) is 0 Å². The number of benzene rings is 1. The largest absolute Gasteiger partial charge is 0.493 e. The molecule has 0 radical (unpaired) electrons. The predicted molar refractivity (Wildman–Crippen MR) is 86.3 cm³/mol. The van der Waals surface area contributed by atoms with E-state index in [2.05, 4.69) is 15.5 Å². The number of ether oxygens (including phenoxy) is 1. The molecule has 1 aromatic carbocycles. The van der Waals surface area contributed by atoms with Crippen LogP contribution in [-0.4, -0.2) is 22.7 Å². The summed E-state index contributed by atoms with van der Waals surface area (Å²) in [4.78, 5) is 11.8. The van der Waals surface area contributed by atoms with Crippen molar-refractivity contribution in [3.05, 3.63) is 34.8 Å². The van der Waals surface area contributed by atoms with Gasteiger partial charge in [0.2, 0.25) is 11.0 Å². The minimum Gasteiger partial charge on any atom is -0.493 e. The number of carbonyl (C=O) groups excluding carboxylic acids is 1. The smallest absolute Gasteiger partial charge is 0.229 e. The molecule has 0 aliphatic heterocycles. The molecule has 0 atom stereocenters. The molecule has 22 heavy (non-hydrogen) atoms. The van der Waals surface area contributed by atoms with Crippen molar-refractivity contribution in [3.8, 4) is 5.75 Å². The first-order valence-corrected chi connectivity index (χ1v) is 8.35. The Morgan fingerprint density at radius 2 is 2.27 bits per heavy atom. The second-order valence-corrected chi connectivity index (χ2v) is 6.60. The van der Waals surface area contributed by atoms with Crippen LogP contribution in [0.15, 0.2) is 24.3 Å². The highest BCUT2D eigenvalue weighted by atomic mass is 32.1. The number of hydrogen-bond acceptors (Lipinski definition) is 5. The molecule has 0 spiro atoms. The van der Waals surface area contributed by atoms with E-state index in [1.807, 2.05) is 31.2 Å². The third kappa shape index (κ3) is 3.82. The Bertz CT molecular complexity index is 652. The maximum absolute atomic E-state index is 11.8. The first kappa shape index (κ1) is 15.0. The summed E-state index contributed by atoms with van der Waals surface area (Å²) in [7, 11) is 0. The van der Waals surface area contributed by atoms with Crippen molar-refractivity contribution in [3.63, 3.8) is 0 Å². The quantitative estimate of drug-likeness (QED) is 0.888. The minimum absolute atomic E-state index is 0.0740. The first-order chi connectivity index (χ1) is 10.7. The first-order valence-electron chi connectivity index (χ1n) is 7.53. The highest BCUT2D eigenvalue weighted by molar-refractivity contribution is 7.15. The van der Waals surface area contributed by atoms with Gasteiger partial charge in [0, 0.05) is 12.3 Å². The zero-order valence-corrected chi connectivity index (χ0v) is 13.4. The molecule has 1 fully saturated rings. The van der Waals surface area contributed by atoms with E-state index < -0.39 is 0 Å². The molecular weight excluding hydrogens is 298 g/mol. The molecule has 1 amide bonds. The third-order valence-corrected chi connectivity index (χ3v) is 4.65. The van der Waals surface area contributed by atoms with Crippen LogP contribution in [0.4, 0.5) is 5.13 Å². The van der Waals surface area contributed by atoms with Crippen molar-refractivity contribution in [1.29, 1.82) is 0 Å². The SMILES string of the molecule is Cc1cccc(OCCc2nnc(NC(=O)C3CCC3)s2)c1. The van der Waals surface area contributed by atoms with Crippen LogP contribution < -0.4 is 10.1 Å². The monoisotopic (exact) mass is 317 g/mol. The highest BCUT2D eigenvalue weighted by Gasteiger charge is 2.25. The van der Waals surface area contributed by atoms with Gasteiger partial charge in [0.05, 0.1) is 6.61 Å². The summed E-state index contributed by atoms with van der Waals surface area (Å²) in [6.07, 6.45) is 3.81. The van der Waals surface area contributed by atoms with Crippen LogP contribution in [0.25, 0.3) is 0 Å². The molecule has 6 heteroatoms. The van der Waals surface area contributed by atoms with Gasteiger partial charge in [-0.3, -0.25) is 4.79 Å². The number of rotatable bonds is 6. The Kier molecular flexibility index (Phi) is 4.68. The van der Waals surface area contributed by atoms with Crippen LogP contribution in [0, 0.1) is 12.8 Å². The summed E-state index contributed by atoms with van der Waals surface area (Å²) in [6, 6.07) is 7.96. The fourth-order valence-corrected chi connectivity index (χ4v) is 2.97. The van der Waals surface area contributed by atoms with Crippen LogP contribution in [-0.2, 0) is 11.2 Å². The molecule has 5 nitrogen and oxygen atoms in total. The van der Waals surface area contributed by atoms with Crippen molar-refractivity contribution < 1.29 is 9.53 Å². The van der Waals surface area contributed by atoms with Gasteiger partial charge in [-0.2, -0.15) is 0 Å². The molecule has 0 unspecified atom stereocenters. The average Bonchev–Trinajstić information content (AvgIpc) is 2.84.